The van der Waals surface area contributed by atoms with Crippen LogP contribution in [-0.4, -0.2) is 48.9 Å². The molecule has 0 spiro atoms. The number of amides is 2. The molecule has 0 fully saturated rings. The maximum absolute atomic E-state index is 12.6. The molecule has 0 aliphatic heterocycles. The molecule has 2 amide bonds. The molecule has 0 unspecified atom stereocenters. The average molecular weight is 463 g/mol. The second-order valence-electron chi connectivity index (χ2n) is 7.62. The number of nitro groups is 1. The number of anilines is 1. The molecule has 0 saturated heterocycles. The highest BCUT2D eigenvalue weighted by molar-refractivity contribution is 5.94. The molecule has 0 aliphatic carbocycles. The van der Waals surface area contributed by atoms with Crippen LogP contribution in [0.25, 0.3) is 11.1 Å². The zero-order chi connectivity index (χ0) is 24.7. The lowest BCUT2D eigenvalue weighted by atomic mass is 10.0. The van der Waals surface area contributed by atoms with E-state index in [1.165, 1.54) is 30.1 Å². The Hall–Kier alpha value is -4.40. The van der Waals surface area contributed by atoms with Crippen molar-refractivity contribution in [2.75, 3.05) is 32.6 Å². The molecule has 0 aromatic heterocycles. The molecular weight excluding hydrogens is 438 g/mol. The van der Waals surface area contributed by atoms with Crippen LogP contribution >= 0.6 is 0 Å². The van der Waals surface area contributed by atoms with Gasteiger partial charge in [-0.3, -0.25) is 19.7 Å². The van der Waals surface area contributed by atoms with Gasteiger partial charge in [0.15, 0.2) is 6.61 Å². The van der Waals surface area contributed by atoms with Crippen molar-refractivity contribution in [3.8, 4) is 22.6 Å². The fraction of sp³-hybridized carbons (Fsp3) is 0.200. The number of carbonyl (C=O) groups excluding carboxylic acids is 2. The van der Waals surface area contributed by atoms with Crippen molar-refractivity contribution in [3.05, 3.63) is 82.4 Å². The molecule has 9 nitrogen and oxygen atoms in total. The van der Waals surface area contributed by atoms with E-state index in [9.17, 15) is 19.7 Å². The quantitative estimate of drug-likeness (QED) is 0.379. The Bertz CT molecular complexity index is 1180. The molecule has 9 heteroatoms. The van der Waals surface area contributed by atoms with Crippen LogP contribution < -0.4 is 14.8 Å². The molecular formula is C25H25N3O6. The van der Waals surface area contributed by atoms with Gasteiger partial charge in [-0.25, -0.2) is 0 Å². The third kappa shape index (κ3) is 6.32. The maximum Gasteiger partial charge on any atom is 0.270 e. The lowest BCUT2D eigenvalue weighted by Gasteiger charge is -2.18. The van der Waals surface area contributed by atoms with Crippen molar-refractivity contribution in [3.63, 3.8) is 0 Å². The first-order valence-electron chi connectivity index (χ1n) is 10.4. The fourth-order valence-electron chi connectivity index (χ4n) is 3.14. The van der Waals surface area contributed by atoms with Gasteiger partial charge < -0.3 is 19.7 Å². The van der Waals surface area contributed by atoms with E-state index in [-0.39, 0.29) is 24.7 Å². The molecule has 3 aromatic rings. The summed E-state index contributed by atoms with van der Waals surface area (Å²) in [5.74, 6) is 0.186. The van der Waals surface area contributed by atoms with Gasteiger partial charge in [0.25, 0.3) is 11.6 Å². The Morgan fingerprint density at radius 1 is 1.03 bits per heavy atom. The number of benzene rings is 3. The summed E-state index contributed by atoms with van der Waals surface area (Å²) in [6, 6.07) is 18.4. The number of aryl methyl sites for hydroxylation is 1. The van der Waals surface area contributed by atoms with Gasteiger partial charge in [-0.2, -0.15) is 0 Å². The van der Waals surface area contributed by atoms with Crippen LogP contribution in [0.15, 0.2) is 66.7 Å². The third-order valence-electron chi connectivity index (χ3n) is 5.07. The summed E-state index contributed by atoms with van der Waals surface area (Å²) in [5.41, 5.74) is 2.74. The van der Waals surface area contributed by atoms with Gasteiger partial charge in [0.2, 0.25) is 5.91 Å². The molecule has 34 heavy (non-hydrogen) atoms. The van der Waals surface area contributed by atoms with E-state index in [1.54, 1.807) is 43.5 Å². The molecule has 0 heterocycles. The van der Waals surface area contributed by atoms with Crippen LogP contribution in [0, 0.1) is 17.0 Å². The molecule has 1 N–H and O–H groups in total. The van der Waals surface area contributed by atoms with Crippen molar-refractivity contribution < 1.29 is 24.0 Å². The highest BCUT2D eigenvalue weighted by atomic mass is 16.6. The van der Waals surface area contributed by atoms with E-state index in [0.29, 0.717) is 28.3 Å². The molecule has 0 aliphatic rings. The Balaban J connectivity index is 1.67. The lowest BCUT2D eigenvalue weighted by molar-refractivity contribution is -0.384. The first-order valence-corrected chi connectivity index (χ1v) is 10.4. The number of carbonyl (C=O) groups is 2. The number of hydrogen-bond acceptors (Lipinski definition) is 6. The van der Waals surface area contributed by atoms with Crippen LogP contribution in [0.3, 0.4) is 0 Å². The number of nitro benzene ring substituents is 1. The van der Waals surface area contributed by atoms with Crippen molar-refractivity contribution in [2.45, 2.75) is 6.92 Å². The summed E-state index contributed by atoms with van der Waals surface area (Å²) in [5, 5.41) is 14.0. The SMILES string of the molecule is COc1ccc(-c2cc([N+](=O)[O-])ccc2OCC(=O)N(C)CC(=O)Nc2ccc(C)cc2)cc1. The first-order chi connectivity index (χ1) is 16.3. The van der Waals surface area contributed by atoms with Crippen molar-refractivity contribution in [1.29, 1.82) is 0 Å². The number of rotatable bonds is 9. The Morgan fingerprint density at radius 2 is 1.71 bits per heavy atom. The Kier molecular flexibility index (Phi) is 7.81. The van der Waals surface area contributed by atoms with Crippen molar-refractivity contribution >= 4 is 23.2 Å². The molecule has 3 aromatic carbocycles. The van der Waals surface area contributed by atoms with Gasteiger partial charge in [0.1, 0.15) is 11.5 Å². The predicted octanol–water partition coefficient (Wildman–Crippen LogP) is 4.05. The Labute approximate surface area is 197 Å². The van der Waals surface area contributed by atoms with Crippen LogP contribution in [-0.2, 0) is 9.59 Å². The summed E-state index contributed by atoms with van der Waals surface area (Å²) in [7, 11) is 3.04. The number of hydrogen-bond donors (Lipinski definition) is 1. The largest absolute Gasteiger partial charge is 0.497 e. The summed E-state index contributed by atoms with van der Waals surface area (Å²) >= 11 is 0. The number of ether oxygens (including phenoxy) is 2. The minimum Gasteiger partial charge on any atom is -0.497 e. The summed E-state index contributed by atoms with van der Waals surface area (Å²) in [6.45, 7) is 1.46. The maximum atomic E-state index is 12.6. The van der Waals surface area contributed by atoms with Crippen LogP contribution in [0.2, 0.25) is 0 Å². The molecule has 0 radical (unpaired) electrons. The minimum absolute atomic E-state index is 0.102. The lowest BCUT2D eigenvalue weighted by Crippen LogP contribution is -2.37. The minimum atomic E-state index is -0.498. The molecule has 3 rings (SSSR count). The van der Waals surface area contributed by atoms with Gasteiger partial charge in [-0.1, -0.05) is 29.8 Å². The molecule has 0 bridgehead atoms. The normalized spacial score (nSPS) is 10.3. The smallest absolute Gasteiger partial charge is 0.270 e. The standard InChI is InChI=1S/C25H25N3O6/c1-17-4-8-19(9-5-17)26-24(29)15-27(2)25(30)16-34-23-13-10-20(28(31)32)14-22(23)18-6-11-21(33-3)12-7-18/h4-14H,15-16H2,1-3H3,(H,26,29). The highest BCUT2D eigenvalue weighted by Gasteiger charge is 2.17. The number of nitrogens with zero attached hydrogens (tertiary/aromatic N) is 2. The topological polar surface area (TPSA) is 111 Å². The summed E-state index contributed by atoms with van der Waals surface area (Å²) in [4.78, 5) is 36.8. The molecule has 0 atom stereocenters. The zero-order valence-electron chi connectivity index (χ0n) is 19.1. The number of likely N-dealkylation sites (N-methyl/N-ethyl adjacent to an activating group) is 1. The van der Waals surface area contributed by atoms with Gasteiger partial charge in [0.05, 0.1) is 18.6 Å². The van der Waals surface area contributed by atoms with E-state index in [2.05, 4.69) is 5.32 Å². The van der Waals surface area contributed by atoms with Gasteiger partial charge >= 0.3 is 0 Å². The van der Waals surface area contributed by atoms with E-state index < -0.39 is 10.8 Å². The van der Waals surface area contributed by atoms with Crippen LogP contribution in [0.4, 0.5) is 11.4 Å². The summed E-state index contributed by atoms with van der Waals surface area (Å²) < 4.78 is 10.9. The number of non-ortho nitro benzene ring substituents is 1. The molecule has 0 saturated carbocycles. The highest BCUT2D eigenvalue weighted by Crippen LogP contribution is 2.34. The van der Waals surface area contributed by atoms with Crippen molar-refractivity contribution in [1.82, 2.24) is 4.90 Å². The van der Waals surface area contributed by atoms with Gasteiger partial charge in [0, 0.05) is 30.4 Å². The van der Waals surface area contributed by atoms with Crippen molar-refractivity contribution in [2.24, 2.45) is 0 Å². The van der Waals surface area contributed by atoms with E-state index in [0.717, 1.165) is 5.56 Å². The predicted molar refractivity (Wildman–Crippen MR) is 128 cm³/mol. The van der Waals surface area contributed by atoms with Gasteiger partial charge in [-0.15, -0.1) is 0 Å². The zero-order valence-corrected chi connectivity index (χ0v) is 19.1. The first kappa shape index (κ1) is 24.2. The van der Waals surface area contributed by atoms with E-state index in [1.807, 2.05) is 19.1 Å². The van der Waals surface area contributed by atoms with Crippen LogP contribution in [0.1, 0.15) is 5.56 Å². The monoisotopic (exact) mass is 463 g/mol. The van der Waals surface area contributed by atoms with E-state index >= 15 is 0 Å². The van der Waals surface area contributed by atoms with Crippen LogP contribution in [0.5, 0.6) is 11.5 Å². The Morgan fingerprint density at radius 3 is 2.32 bits per heavy atom. The fourth-order valence-corrected chi connectivity index (χ4v) is 3.14. The number of nitrogens with one attached hydrogen (secondary N) is 1. The second-order valence-corrected chi connectivity index (χ2v) is 7.62. The average Bonchev–Trinajstić information content (AvgIpc) is 2.83. The number of methoxy groups -OCH3 is 1. The second kappa shape index (κ2) is 11.0. The summed E-state index contributed by atoms with van der Waals surface area (Å²) in [6.07, 6.45) is 0. The van der Waals surface area contributed by atoms with E-state index in [4.69, 9.17) is 9.47 Å². The molecule has 176 valence electrons. The third-order valence-corrected chi connectivity index (χ3v) is 5.07. The van der Waals surface area contributed by atoms with Gasteiger partial charge in [-0.05, 0) is 42.8 Å².